The van der Waals surface area contributed by atoms with Crippen LogP contribution in [0.1, 0.15) is 27.1 Å². The third-order valence-corrected chi connectivity index (χ3v) is 4.87. The number of carboxylic acid groups (broad SMARTS) is 1. The molecule has 1 heterocycles. The van der Waals surface area contributed by atoms with Crippen molar-refractivity contribution in [2.45, 2.75) is 48.3 Å². The van der Waals surface area contributed by atoms with Crippen molar-refractivity contribution in [1.29, 1.82) is 0 Å². The van der Waals surface area contributed by atoms with Gasteiger partial charge < -0.3 is 5.11 Å². The largest absolute Gasteiger partial charge is 0.480 e. The summed E-state index contributed by atoms with van der Waals surface area (Å²) in [7, 11) is 0. The molecule has 0 aromatic heterocycles. The third kappa shape index (κ3) is 3.85. The fourth-order valence-corrected chi connectivity index (χ4v) is 2.95. The second kappa shape index (κ2) is 7.97. The SMILES string of the molecule is O=C(O)[C@@H](CC(F)(F)C(F)(F)C(F)(F)C(F)(F)C(F)(F)C(F)(F)F)N1C(=O)c2ccccc2C1=O. The Morgan fingerprint density at radius 3 is 1.43 bits per heavy atom. The van der Waals surface area contributed by atoms with Crippen LogP contribution in [0.5, 0.6) is 0 Å². The highest BCUT2D eigenvalue weighted by Gasteiger charge is 2.90. The highest BCUT2D eigenvalue weighted by atomic mass is 19.4. The lowest BCUT2D eigenvalue weighted by molar-refractivity contribution is -0.440. The van der Waals surface area contributed by atoms with E-state index >= 15 is 0 Å². The number of fused-ring (bicyclic) bond motifs is 1. The third-order valence-electron chi connectivity index (χ3n) is 4.87. The van der Waals surface area contributed by atoms with Crippen molar-refractivity contribution in [2.75, 3.05) is 0 Å². The Morgan fingerprint density at radius 2 is 1.09 bits per heavy atom. The molecule has 0 spiro atoms. The van der Waals surface area contributed by atoms with Gasteiger partial charge in [0, 0.05) is 6.42 Å². The van der Waals surface area contributed by atoms with Crippen LogP contribution >= 0.6 is 0 Å². The number of carboxylic acids is 1. The Balaban J connectivity index is 2.52. The smallest absolute Gasteiger partial charge is 0.460 e. The lowest BCUT2D eigenvalue weighted by Gasteiger charge is -2.40. The van der Waals surface area contributed by atoms with Gasteiger partial charge in [0.15, 0.2) is 0 Å². The number of carbonyl (C=O) groups is 3. The Hall–Kier alpha value is -3.08. The van der Waals surface area contributed by atoms with Crippen LogP contribution in [0.15, 0.2) is 24.3 Å². The number of halogens is 13. The van der Waals surface area contributed by atoms with E-state index in [0.717, 1.165) is 24.3 Å². The van der Waals surface area contributed by atoms with E-state index in [1.165, 1.54) is 0 Å². The lowest BCUT2D eigenvalue weighted by atomic mass is 9.90. The summed E-state index contributed by atoms with van der Waals surface area (Å²) in [6.45, 7) is 0. The van der Waals surface area contributed by atoms with Crippen LogP contribution in [0.25, 0.3) is 0 Å². The molecule has 196 valence electrons. The molecular formula is C17H8F13NO4. The first-order valence-electron chi connectivity index (χ1n) is 8.63. The molecular weight excluding hydrogens is 529 g/mol. The monoisotopic (exact) mass is 537 g/mol. The molecule has 1 N–H and O–H groups in total. The molecule has 0 bridgehead atoms. The van der Waals surface area contributed by atoms with Crippen LogP contribution in [0.2, 0.25) is 0 Å². The predicted molar refractivity (Wildman–Crippen MR) is 83.8 cm³/mol. The van der Waals surface area contributed by atoms with Gasteiger partial charge in [-0.1, -0.05) is 12.1 Å². The van der Waals surface area contributed by atoms with Crippen LogP contribution in [0, 0.1) is 0 Å². The number of amides is 2. The molecule has 0 fully saturated rings. The number of rotatable bonds is 8. The van der Waals surface area contributed by atoms with Gasteiger partial charge >= 0.3 is 41.8 Å². The summed E-state index contributed by atoms with van der Waals surface area (Å²) in [5.74, 6) is -44.9. The van der Waals surface area contributed by atoms with Gasteiger partial charge in [0.2, 0.25) is 0 Å². The van der Waals surface area contributed by atoms with Crippen LogP contribution in [-0.2, 0) is 4.79 Å². The van der Waals surface area contributed by atoms with E-state index in [9.17, 15) is 71.5 Å². The number of imide groups is 1. The molecule has 2 amide bonds. The number of benzene rings is 1. The van der Waals surface area contributed by atoms with Crippen LogP contribution < -0.4 is 0 Å². The Morgan fingerprint density at radius 1 is 0.714 bits per heavy atom. The molecule has 0 radical (unpaired) electrons. The fraction of sp³-hybridized carbons (Fsp3) is 0.471. The molecule has 1 aromatic rings. The van der Waals surface area contributed by atoms with E-state index in [4.69, 9.17) is 5.11 Å². The number of hydrogen-bond acceptors (Lipinski definition) is 3. The van der Waals surface area contributed by atoms with Gasteiger partial charge in [0.1, 0.15) is 6.04 Å². The number of hydrogen-bond donors (Lipinski definition) is 1. The number of aliphatic carboxylic acids is 1. The molecule has 0 saturated heterocycles. The Kier molecular flexibility index (Phi) is 6.41. The van der Waals surface area contributed by atoms with Gasteiger partial charge in [-0.2, -0.15) is 57.1 Å². The maximum absolute atomic E-state index is 14.2. The second-order valence-corrected chi connectivity index (χ2v) is 7.08. The number of alkyl halides is 13. The quantitative estimate of drug-likeness (QED) is 0.380. The maximum atomic E-state index is 14.2. The summed E-state index contributed by atoms with van der Waals surface area (Å²) >= 11 is 0. The standard InChI is InChI=1S/C17H8F13NO4/c18-12(19,13(20,21)14(22,23)15(24,25)16(26,27)17(28,29)30)5-8(11(34)35)31-9(32)6-3-1-2-4-7(6)10(31)33/h1-4,8H,5H2,(H,34,35)/t8-/m1/s1. The van der Waals surface area contributed by atoms with E-state index in [-0.39, 0.29) is 0 Å². The van der Waals surface area contributed by atoms with Crippen molar-refractivity contribution >= 4 is 17.8 Å². The van der Waals surface area contributed by atoms with Crippen LogP contribution in [0.3, 0.4) is 0 Å². The van der Waals surface area contributed by atoms with Crippen molar-refractivity contribution in [3.05, 3.63) is 35.4 Å². The first-order valence-corrected chi connectivity index (χ1v) is 8.63. The highest BCUT2D eigenvalue weighted by Crippen LogP contribution is 2.61. The molecule has 1 aliphatic heterocycles. The van der Waals surface area contributed by atoms with Gasteiger partial charge in [-0.3, -0.25) is 14.5 Å². The van der Waals surface area contributed by atoms with Gasteiger partial charge in [-0.15, -0.1) is 0 Å². The van der Waals surface area contributed by atoms with Crippen LogP contribution in [0.4, 0.5) is 57.1 Å². The lowest BCUT2D eigenvalue weighted by Crippen LogP contribution is -2.70. The molecule has 0 aliphatic carbocycles. The minimum absolute atomic E-state index is 0.613. The van der Waals surface area contributed by atoms with E-state index in [1.54, 1.807) is 0 Å². The summed E-state index contributed by atoms with van der Waals surface area (Å²) in [4.78, 5) is 35.1. The molecule has 18 heteroatoms. The predicted octanol–water partition coefficient (Wildman–Crippen LogP) is 4.86. The van der Waals surface area contributed by atoms with Crippen LogP contribution in [-0.4, -0.2) is 69.6 Å². The summed E-state index contributed by atoms with van der Waals surface area (Å²) in [5, 5.41) is 9.05. The van der Waals surface area contributed by atoms with E-state index in [0.29, 0.717) is 0 Å². The molecule has 0 saturated carbocycles. The molecule has 5 nitrogen and oxygen atoms in total. The fourth-order valence-electron chi connectivity index (χ4n) is 2.95. The first-order chi connectivity index (χ1) is 15.5. The van der Waals surface area contributed by atoms with Gasteiger partial charge in [0.05, 0.1) is 11.1 Å². The van der Waals surface area contributed by atoms with Gasteiger partial charge in [-0.25, -0.2) is 4.79 Å². The van der Waals surface area contributed by atoms with E-state index in [1.807, 2.05) is 0 Å². The van der Waals surface area contributed by atoms with E-state index in [2.05, 4.69) is 0 Å². The summed E-state index contributed by atoms with van der Waals surface area (Å²) in [5.41, 5.74) is -1.30. The molecule has 35 heavy (non-hydrogen) atoms. The number of nitrogens with zero attached hydrogens (tertiary/aromatic N) is 1. The molecule has 1 atom stereocenters. The minimum Gasteiger partial charge on any atom is -0.480 e. The summed E-state index contributed by atoms with van der Waals surface area (Å²) in [6, 6.07) is 0.380. The topological polar surface area (TPSA) is 74.7 Å². The highest BCUT2D eigenvalue weighted by molar-refractivity contribution is 6.22. The summed E-state index contributed by atoms with van der Waals surface area (Å²) in [6.07, 6.45) is -10.9. The molecule has 2 rings (SSSR count). The zero-order valence-corrected chi connectivity index (χ0v) is 16.1. The van der Waals surface area contributed by atoms with Gasteiger partial charge in [0.25, 0.3) is 11.8 Å². The van der Waals surface area contributed by atoms with Gasteiger partial charge in [-0.05, 0) is 12.1 Å². The minimum atomic E-state index is -8.17. The average molecular weight is 537 g/mol. The van der Waals surface area contributed by atoms with Crippen molar-refractivity contribution in [3.8, 4) is 0 Å². The summed E-state index contributed by atoms with van der Waals surface area (Å²) < 4.78 is 172. The second-order valence-electron chi connectivity index (χ2n) is 7.08. The zero-order chi connectivity index (χ0) is 27.6. The zero-order valence-electron chi connectivity index (χ0n) is 16.1. The van der Waals surface area contributed by atoms with Crippen molar-refractivity contribution < 1.29 is 76.6 Å². The van der Waals surface area contributed by atoms with E-state index < -0.39 is 82.1 Å². The molecule has 1 aromatic carbocycles. The van der Waals surface area contributed by atoms with Crippen molar-refractivity contribution in [2.24, 2.45) is 0 Å². The normalized spacial score (nSPS) is 17.0. The first kappa shape index (κ1) is 28.2. The molecule has 0 unspecified atom stereocenters. The maximum Gasteiger partial charge on any atom is 0.460 e. The van der Waals surface area contributed by atoms with Crippen molar-refractivity contribution in [1.82, 2.24) is 4.90 Å². The average Bonchev–Trinajstić information content (AvgIpc) is 2.95. The molecule has 1 aliphatic rings. The van der Waals surface area contributed by atoms with Crippen molar-refractivity contribution in [3.63, 3.8) is 0 Å². The Labute approximate surface area is 184 Å². The number of carbonyl (C=O) groups excluding carboxylic acids is 2. The Bertz CT molecular complexity index is 1020.